The van der Waals surface area contributed by atoms with Crippen molar-refractivity contribution < 1.29 is 49.3 Å². The third-order valence-corrected chi connectivity index (χ3v) is 11.7. The Hall–Kier alpha value is -2.38. The lowest BCUT2D eigenvalue weighted by molar-refractivity contribution is -0.302. The van der Waals surface area contributed by atoms with Crippen molar-refractivity contribution >= 4 is 11.9 Å². The van der Waals surface area contributed by atoms with Crippen LogP contribution in [0.25, 0.3) is 0 Å². The van der Waals surface area contributed by atoms with E-state index in [4.69, 9.17) is 14.2 Å². The van der Waals surface area contributed by atoms with Crippen LogP contribution in [0.5, 0.6) is 0 Å². The zero-order chi connectivity index (χ0) is 46.0. The van der Waals surface area contributed by atoms with Crippen molar-refractivity contribution in [2.75, 3.05) is 19.8 Å². The number of ether oxygens (including phenoxy) is 3. The molecule has 366 valence electrons. The highest BCUT2D eigenvalue weighted by atomic mass is 16.7. The van der Waals surface area contributed by atoms with Crippen LogP contribution < -0.4 is 5.32 Å². The van der Waals surface area contributed by atoms with Gasteiger partial charge in [-0.1, -0.05) is 158 Å². The topological polar surface area (TPSA) is 175 Å². The molecule has 1 fully saturated rings. The van der Waals surface area contributed by atoms with Crippen LogP contribution in [0.3, 0.4) is 0 Å². The number of nitrogens with one attached hydrogen (secondary N) is 1. The van der Waals surface area contributed by atoms with Crippen LogP contribution in [0.15, 0.2) is 48.6 Å². The summed E-state index contributed by atoms with van der Waals surface area (Å²) < 4.78 is 16.6. The van der Waals surface area contributed by atoms with E-state index in [-0.39, 0.29) is 18.5 Å². The lowest BCUT2D eigenvalue weighted by Crippen LogP contribution is -2.60. The minimum absolute atomic E-state index is 0.0479. The molecule has 11 nitrogen and oxygen atoms in total. The van der Waals surface area contributed by atoms with Gasteiger partial charge in [0.2, 0.25) is 5.91 Å². The summed E-state index contributed by atoms with van der Waals surface area (Å²) in [7, 11) is 0. The molecule has 0 spiro atoms. The third kappa shape index (κ3) is 32.9. The summed E-state index contributed by atoms with van der Waals surface area (Å²) in [6.07, 6.45) is 40.8. The van der Waals surface area contributed by atoms with Crippen LogP contribution in [0.2, 0.25) is 0 Å². The maximum atomic E-state index is 12.9. The summed E-state index contributed by atoms with van der Waals surface area (Å²) in [5.74, 6) is -0.275. The molecule has 0 aromatic carbocycles. The normalized spacial score (nSPS) is 20.4. The van der Waals surface area contributed by atoms with Gasteiger partial charge in [0, 0.05) is 12.8 Å². The average Bonchev–Trinajstić information content (AvgIpc) is 3.28. The molecule has 6 N–H and O–H groups in total. The van der Waals surface area contributed by atoms with Gasteiger partial charge in [0.25, 0.3) is 0 Å². The Morgan fingerprint density at radius 1 is 0.603 bits per heavy atom. The summed E-state index contributed by atoms with van der Waals surface area (Å²) >= 11 is 0. The molecule has 1 amide bonds. The van der Waals surface area contributed by atoms with Crippen molar-refractivity contribution in [3.63, 3.8) is 0 Å². The maximum absolute atomic E-state index is 12.9. The zero-order valence-electron chi connectivity index (χ0n) is 39.8. The van der Waals surface area contributed by atoms with Gasteiger partial charge < -0.3 is 45.1 Å². The monoisotopic (exact) mass is 892 g/mol. The molecule has 0 aliphatic carbocycles. The molecule has 1 saturated heterocycles. The summed E-state index contributed by atoms with van der Waals surface area (Å²) in [4.78, 5) is 25.0. The molecule has 7 atom stereocenters. The molecule has 1 heterocycles. The van der Waals surface area contributed by atoms with Gasteiger partial charge in [-0.3, -0.25) is 9.59 Å². The van der Waals surface area contributed by atoms with E-state index in [9.17, 15) is 35.1 Å². The summed E-state index contributed by atoms with van der Waals surface area (Å²) in [5, 5.41) is 54.0. The van der Waals surface area contributed by atoms with Gasteiger partial charge in [-0.15, -0.1) is 0 Å². The first-order valence-electron chi connectivity index (χ1n) is 25.4. The number of allylic oxidation sites excluding steroid dienone is 7. The number of unbranched alkanes of at least 4 members (excludes halogenated alkanes) is 23. The van der Waals surface area contributed by atoms with E-state index >= 15 is 0 Å². The fraction of sp³-hybridized carbons (Fsp3) is 0.808. The smallest absolute Gasteiger partial charge is 0.305 e. The number of rotatable bonds is 42. The van der Waals surface area contributed by atoms with Crippen LogP contribution in [0, 0.1) is 0 Å². The molecule has 0 saturated carbocycles. The van der Waals surface area contributed by atoms with Gasteiger partial charge in [-0.25, -0.2) is 0 Å². The second-order valence-electron chi connectivity index (χ2n) is 17.5. The fourth-order valence-corrected chi connectivity index (χ4v) is 7.64. The van der Waals surface area contributed by atoms with E-state index < -0.39 is 49.5 Å². The zero-order valence-corrected chi connectivity index (χ0v) is 39.8. The van der Waals surface area contributed by atoms with Gasteiger partial charge >= 0.3 is 5.97 Å². The summed E-state index contributed by atoms with van der Waals surface area (Å²) in [5.41, 5.74) is 0. The molecule has 0 radical (unpaired) electrons. The second-order valence-corrected chi connectivity index (χ2v) is 17.5. The summed E-state index contributed by atoms with van der Waals surface area (Å²) in [6.45, 7) is 3.98. The van der Waals surface area contributed by atoms with Crippen molar-refractivity contribution in [1.29, 1.82) is 0 Å². The first-order chi connectivity index (χ1) is 30.7. The van der Waals surface area contributed by atoms with Crippen LogP contribution in [-0.2, 0) is 23.8 Å². The molecule has 11 heteroatoms. The average molecular weight is 892 g/mol. The fourth-order valence-electron chi connectivity index (χ4n) is 7.64. The minimum atomic E-state index is -1.59. The Kier molecular flexibility index (Phi) is 39.3. The molecule has 63 heavy (non-hydrogen) atoms. The van der Waals surface area contributed by atoms with Crippen LogP contribution >= 0.6 is 0 Å². The predicted octanol–water partition coefficient (Wildman–Crippen LogP) is 10.2. The highest BCUT2D eigenvalue weighted by molar-refractivity contribution is 5.76. The van der Waals surface area contributed by atoms with Gasteiger partial charge in [-0.05, 0) is 84.0 Å². The van der Waals surface area contributed by atoms with Gasteiger partial charge in [0.15, 0.2) is 6.29 Å². The molecule has 7 unspecified atom stereocenters. The first kappa shape index (κ1) is 58.6. The number of hydrogen-bond donors (Lipinski definition) is 6. The molecule has 0 aromatic rings. The van der Waals surface area contributed by atoms with E-state index in [0.717, 1.165) is 89.9 Å². The van der Waals surface area contributed by atoms with E-state index in [1.807, 2.05) is 19.1 Å². The Labute approximate surface area is 383 Å². The number of hydrogen-bond acceptors (Lipinski definition) is 10. The Bertz CT molecular complexity index is 1190. The third-order valence-electron chi connectivity index (χ3n) is 11.7. The standard InChI is InChI=1S/C52H93NO10/c1-3-5-7-9-11-13-14-15-16-20-24-28-32-36-40-48(57)61-41-37-33-29-25-21-18-17-19-23-27-31-35-39-47(56)53-44(45(55)38-34-30-26-22-12-10-8-6-4-2)43-62-52-51(60)50(59)49(58)46(42-54)63-52/h4,6,12,18,21-22,34,38,44-46,49-52,54-55,58-60H,3,5,7-11,13-17,19-20,23-33,35-37,39-43H2,1-2H3,(H,53,56)/b6-4+,21-18-,22-12+,38-34+. The van der Waals surface area contributed by atoms with E-state index in [1.165, 1.54) is 77.0 Å². The Balaban J connectivity index is 2.16. The lowest BCUT2D eigenvalue weighted by atomic mass is 9.99. The van der Waals surface area contributed by atoms with Gasteiger partial charge in [-0.2, -0.15) is 0 Å². The first-order valence-corrected chi connectivity index (χ1v) is 25.4. The summed E-state index contributed by atoms with van der Waals surface area (Å²) in [6, 6.07) is -0.852. The molecule has 1 aliphatic heterocycles. The Morgan fingerprint density at radius 2 is 1.10 bits per heavy atom. The van der Waals surface area contributed by atoms with Crippen molar-refractivity contribution in [2.24, 2.45) is 0 Å². The van der Waals surface area contributed by atoms with Crippen LogP contribution in [-0.4, -0.2) is 100 Å². The molecule has 1 rings (SSSR count). The second kappa shape index (κ2) is 42.3. The largest absolute Gasteiger partial charge is 0.466 e. The van der Waals surface area contributed by atoms with Crippen molar-refractivity contribution in [1.82, 2.24) is 5.32 Å². The molecule has 0 aromatic heterocycles. The highest BCUT2D eigenvalue weighted by Gasteiger charge is 2.44. The van der Waals surface area contributed by atoms with Crippen LogP contribution in [0.4, 0.5) is 0 Å². The molecular weight excluding hydrogens is 799 g/mol. The quantitative estimate of drug-likeness (QED) is 0.0197. The maximum Gasteiger partial charge on any atom is 0.305 e. The number of amides is 1. The Morgan fingerprint density at radius 3 is 1.67 bits per heavy atom. The number of aliphatic hydroxyl groups excluding tert-OH is 5. The van der Waals surface area contributed by atoms with Crippen LogP contribution in [0.1, 0.15) is 206 Å². The minimum Gasteiger partial charge on any atom is -0.466 e. The molecule has 0 bridgehead atoms. The number of carbonyl (C=O) groups excluding carboxylic acids is 2. The predicted molar refractivity (Wildman–Crippen MR) is 255 cm³/mol. The lowest BCUT2D eigenvalue weighted by Gasteiger charge is -2.40. The molecular formula is C52H93NO10. The molecule has 1 aliphatic rings. The van der Waals surface area contributed by atoms with E-state index in [2.05, 4.69) is 42.6 Å². The highest BCUT2D eigenvalue weighted by Crippen LogP contribution is 2.22. The SMILES string of the molecule is C/C=C/CC/C=C/CC/C=C/C(O)C(COC1OC(CO)C(O)C(O)C1O)NC(=O)CCCCCCC/C=C\CCCCCOC(=O)CCCCCCCCCCCCCCCC. The van der Waals surface area contributed by atoms with Crippen molar-refractivity contribution in [3.05, 3.63) is 48.6 Å². The van der Waals surface area contributed by atoms with Crippen molar-refractivity contribution in [2.45, 2.75) is 249 Å². The van der Waals surface area contributed by atoms with Crippen molar-refractivity contribution in [3.8, 4) is 0 Å². The van der Waals surface area contributed by atoms with E-state index in [0.29, 0.717) is 32.3 Å². The number of carbonyl (C=O) groups is 2. The van der Waals surface area contributed by atoms with Gasteiger partial charge in [0.1, 0.15) is 24.4 Å². The van der Waals surface area contributed by atoms with E-state index in [1.54, 1.807) is 6.08 Å². The number of esters is 1. The van der Waals surface area contributed by atoms with Gasteiger partial charge in [0.05, 0.1) is 32.0 Å². The number of aliphatic hydroxyl groups is 5.